The number of benzene rings is 1. The van der Waals surface area contributed by atoms with Crippen LogP contribution < -0.4 is 5.73 Å². The molecular weight excluding hydrogens is 306 g/mol. The van der Waals surface area contributed by atoms with E-state index in [9.17, 15) is 0 Å². The van der Waals surface area contributed by atoms with Gasteiger partial charge in [-0.05, 0) is 59.3 Å². The third-order valence-corrected chi connectivity index (χ3v) is 5.33. The first-order valence-electron chi connectivity index (χ1n) is 6.22. The van der Waals surface area contributed by atoms with Gasteiger partial charge in [0.15, 0.2) is 0 Å². The van der Waals surface area contributed by atoms with Gasteiger partial charge in [-0.25, -0.2) is 0 Å². The lowest BCUT2D eigenvalue weighted by Crippen LogP contribution is -2.08. The van der Waals surface area contributed by atoms with Crippen LogP contribution in [0.15, 0.2) is 40.2 Å². The maximum absolute atomic E-state index is 6.23. The number of thiophene rings is 1. The molecule has 1 heterocycles. The van der Waals surface area contributed by atoms with E-state index in [-0.39, 0.29) is 6.04 Å². The van der Waals surface area contributed by atoms with Crippen molar-refractivity contribution in [1.82, 2.24) is 0 Å². The zero-order valence-electron chi connectivity index (χ0n) is 10.5. The van der Waals surface area contributed by atoms with Crippen molar-refractivity contribution in [3.8, 4) is 0 Å². The lowest BCUT2D eigenvalue weighted by molar-refractivity contribution is 0.619. The predicted octanol–water partition coefficient (Wildman–Crippen LogP) is 4.84. The second-order valence-electron chi connectivity index (χ2n) is 4.59. The molecule has 0 spiro atoms. The van der Waals surface area contributed by atoms with Crippen molar-refractivity contribution in [2.75, 3.05) is 0 Å². The van der Waals surface area contributed by atoms with Crippen molar-refractivity contribution in [3.63, 3.8) is 0 Å². The lowest BCUT2D eigenvalue weighted by atomic mass is 10.0. The summed E-state index contributed by atoms with van der Waals surface area (Å²) in [6.07, 6.45) is 3.29. The predicted molar refractivity (Wildman–Crippen MR) is 83.1 cm³/mol. The molecule has 2 N–H and O–H groups in total. The van der Waals surface area contributed by atoms with Gasteiger partial charge in [-0.3, -0.25) is 0 Å². The number of aryl methyl sites for hydroxylation is 2. The van der Waals surface area contributed by atoms with Gasteiger partial charge in [0.2, 0.25) is 0 Å². The Morgan fingerprint density at radius 2 is 2.00 bits per heavy atom. The van der Waals surface area contributed by atoms with Gasteiger partial charge in [0.25, 0.3) is 0 Å². The monoisotopic (exact) mass is 323 g/mol. The van der Waals surface area contributed by atoms with Gasteiger partial charge in [-0.15, -0.1) is 11.3 Å². The molecule has 0 saturated carbocycles. The van der Waals surface area contributed by atoms with Crippen LogP contribution in [-0.2, 0) is 6.42 Å². The zero-order chi connectivity index (χ0) is 13.0. The molecule has 1 atom stereocenters. The van der Waals surface area contributed by atoms with Crippen LogP contribution in [-0.4, -0.2) is 0 Å². The van der Waals surface area contributed by atoms with Gasteiger partial charge in [0, 0.05) is 10.9 Å². The van der Waals surface area contributed by atoms with Crippen molar-refractivity contribution >= 4 is 27.3 Å². The van der Waals surface area contributed by atoms with Crippen LogP contribution in [0.3, 0.4) is 0 Å². The summed E-state index contributed by atoms with van der Waals surface area (Å²) >= 11 is 5.31. The van der Waals surface area contributed by atoms with E-state index in [1.807, 2.05) is 0 Å². The molecule has 3 heteroatoms. The first-order valence-corrected chi connectivity index (χ1v) is 7.83. The maximum Gasteiger partial charge on any atom is 0.0731 e. The molecule has 1 aromatic carbocycles. The van der Waals surface area contributed by atoms with E-state index in [1.165, 1.54) is 19.8 Å². The molecule has 2 rings (SSSR count). The molecular formula is C15H18BrNS. The molecule has 0 amide bonds. The standard InChI is InChI=1S/C15H18BrNS/c1-11-10-14(18-15(11)16)13(17)9-5-8-12-6-3-2-4-7-12/h2-4,6-7,10,13H,5,8-9,17H2,1H3. The van der Waals surface area contributed by atoms with Crippen LogP contribution in [0.4, 0.5) is 0 Å². The fourth-order valence-electron chi connectivity index (χ4n) is 1.98. The SMILES string of the molecule is Cc1cc(C(N)CCCc2ccccc2)sc1Br. The molecule has 1 nitrogen and oxygen atoms in total. The Balaban J connectivity index is 1.83. The fourth-order valence-corrected chi connectivity index (χ4v) is 3.59. The highest BCUT2D eigenvalue weighted by molar-refractivity contribution is 9.11. The smallest absolute Gasteiger partial charge is 0.0731 e. The average molecular weight is 324 g/mol. The Morgan fingerprint density at radius 1 is 1.28 bits per heavy atom. The Morgan fingerprint density at radius 3 is 2.61 bits per heavy atom. The van der Waals surface area contributed by atoms with Crippen LogP contribution in [0.1, 0.15) is 34.9 Å². The Labute approximate surface area is 121 Å². The molecule has 0 aliphatic heterocycles. The third kappa shape index (κ3) is 3.67. The van der Waals surface area contributed by atoms with Gasteiger partial charge in [0.1, 0.15) is 0 Å². The van der Waals surface area contributed by atoms with E-state index < -0.39 is 0 Å². The Hall–Kier alpha value is -0.640. The summed E-state index contributed by atoms with van der Waals surface area (Å²) in [6, 6.07) is 13.0. The van der Waals surface area contributed by atoms with Crippen molar-refractivity contribution < 1.29 is 0 Å². The summed E-state index contributed by atoms with van der Waals surface area (Å²) in [7, 11) is 0. The normalized spacial score (nSPS) is 12.6. The average Bonchev–Trinajstić information content (AvgIpc) is 2.71. The molecule has 0 bridgehead atoms. The summed E-state index contributed by atoms with van der Waals surface area (Å²) in [5.41, 5.74) is 8.91. The second-order valence-corrected chi connectivity index (χ2v) is 6.99. The highest BCUT2D eigenvalue weighted by atomic mass is 79.9. The van der Waals surface area contributed by atoms with Gasteiger partial charge in [-0.1, -0.05) is 30.3 Å². The van der Waals surface area contributed by atoms with Crippen LogP contribution in [0.2, 0.25) is 0 Å². The minimum atomic E-state index is 0.170. The first-order chi connectivity index (χ1) is 8.66. The molecule has 0 saturated heterocycles. The fraction of sp³-hybridized carbons (Fsp3) is 0.333. The Bertz CT molecular complexity index is 473. The molecule has 0 aliphatic carbocycles. The first kappa shape index (κ1) is 13.8. The molecule has 0 aliphatic rings. The summed E-state index contributed by atoms with van der Waals surface area (Å²) in [5, 5.41) is 0. The molecule has 18 heavy (non-hydrogen) atoms. The molecule has 0 radical (unpaired) electrons. The van der Waals surface area contributed by atoms with E-state index in [1.54, 1.807) is 11.3 Å². The van der Waals surface area contributed by atoms with Crippen molar-refractivity contribution in [2.24, 2.45) is 5.73 Å². The minimum absolute atomic E-state index is 0.170. The van der Waals surface area contributed by atoms with Crippen LogP contribution in [0.25, 0.3) is 0 Å². The van der Waals surface area contributed by atoms with Crippen LogP contribution in [0, 0.1) is 6.92 Å². The second kappa shape index (κ2) is 6.50. The van der Waals surface area contributed by atoms with Crippen LogP contribution in [0.5, 0.6) is 0 Å². The number of rotatable bonds is 5. The van der Waals surface area contributed by atoms with Gasteiger partial charge in [0.05, 0.1) is 3.79 Å². The van der Waals surface area contributed by atoms with Crippen LogP contribution >= 0.6 is 27.3 Å². The number of hydrogen-bond acceptors (Lipinski definition) is 2. The largest absolute Gasteiger partial charge is 0.323 e. The van der Waals surface area contributed by atoms with Gasteiger partial charge >= 0.3 is 0 Å². The molecule has 1 aromatic heterocycles. The van der Waals surface area contributed by atoms with Crippen molar-refractivity contribution in [2.45, 2.75) is 32.2 Å². The summed E-state index contributed by atoms with van der Waals surface area (Å²) in [5.74, 6) is 0. The molecule has 1 unspecified atom stereocenters. The number of halogens is 1. The summed E-state index contributed by atoms with van der Waals surface area (Å²) in [4.78, 5) is 1.28. The maximum atomic E-state index is 6.23. The van der Waals surface area contributed by atoms with E-state index in [0.717, 1.165) is 19.3 Å². The van der Waals surface area contributed by atoms with E-state index in [0.29, 0.717) is 0 Å². The molecule has 2 aromatic rings. The highest BCUT2D eigenvalue weighted by Crippen LogP contribution is 2.32. The van der Waals surface area contributed by atoms with E-state index >= 15 is 0 Å². The van der Waals surface area contributed by atoms with E-state index in [2.05, 4.69) is 59.3 Å². The number of nitrogens with two attached hydrogens (primary N) is 1. The quantitative estimate of drug-likeness (QED) is 0.836. The van der Waals surface area contributed by atoms with Gasteiger partial charge < -0.3 is 5.73 Å². The third-order valence-electron chi connectivity index (χ3n) is 3.07. The lowest BCUT2D eigenvalue weighted by Gasteiger charge is -2.09. The van der Waals surface area contributed by atoms with Gasteiger partial charge in [-0.2, -0.15) is 0 Å². The molecule has 0 fully saturated rings. The van der Waals surface area contributed by atoms with Crippen molar-refractivity contribution in [1.29, 1.82) is 0 Å². The Kier molecular flexibility index (Phi) is 4.98. The summed E-state index contributed by atoms with van der Waals surface area (Å²) < 4.78 is 1.20. The zero-order valence-corrected chi connectivity index (χ0v) is 12.9. The minimum Gasteiger partial charge on any atom is -0.323 e. The topological polar surface area (TPSA) is 26.0 Å². The van der Waals surface area contributed by atoms with Crippen molar-refractivity contribution in [3.05, 3.63) is 56.2 Å². The molecule has 96 valence electrons. The number of hydrogen-bond donors (Lipinski definition) is 1. The summed E-state index contributed by atoms with van der Waals surface area (Å²) in [6.45, 7) is 2.11. The highest BCUT2D eigenvalue weighted by Gasteiger charge is 2.10. The van der Waals surface area contributed by atoms with E-state index in [4.69, 9.17) is 5.73 Å².